The molecule has 0 aliphatic heterocycles. The first-order chi connectivity index (χ1) is 8.97. The Labute approximate surface area is 114 Å². The van der Waals surface area contributed by atoms with E-state index in [2.05, 4.69) is 9.47 Å². The number of nitrogens with zero attached hydrogens (tertiary/aromatic N) is 1. The van der Waals surface area contributed by atoms with E-state index in [1.807, 2.05) is 6.92 Å². The number of hydrogen-bond acceptors (Lipinski definition) is 6. The Bertz CT molecular complexity index is 464. The molecule has 0 fully saturated rings. The molecular weight excluding hydrogens is 270 g/mol. The van der Waals surface area contributed by atoms with Crippen LogP contribution in [-0.4, -0.2) is 50.1 Å². The lowest BCUT2D eigenvalue weighted by atomic mass is 10.3. The van der Waals surface area contributed by atoms with Gasteiger partial charge in [0.2, 0.25) is 0 Å². The van der Waals surface area contributed by atoms with Gasteiger partial charge in [0.05, 0.1) is 19.1 Å². The summed E-state index contributed by atoms with van der Waals surface area (Å²) >= 11 is 1.30. The normalized spacial score (nSPS) is 9.84. The van der Waals surface area contributed by atoms with E-state index in [9.17, 15) is 14.4 Å². The topological polar surface area (TPSA) is 72.9 Å². The van der Waals surface area contributed by atoms with Crippen molar-refractivity contribution in [1.29, 1.82) is 0 Å². The van der Waals surface area contributed by atoms with Gasteiger partial charge in [-0.2, -0.15) is 0 Å². The zero-order chi connectivity index (χ0) is 14.4. The van der Waals surface area contributed by atoms with Crippen LogP contribution in [0, 0.1) is 6.92 Å². The number of methoxy groups -OCH3 is 2. The highest BCUT2D eigenvalue weighted by molar-refractivity contribution is 7.13. The minimum absolute atomic E-state index is 0.290. The monoisotopic (exact) mass is 285 g/mol. The van der Waals surface area contributed by atoms with Crippen molar-refractivity contribution in [3.8, 4) is 0 Å². The lowest BCUT2D eigenvalue weighted by Gasteiger charge is -2.19. The van der Waals surface area contributed by atoms with Crippen molar-refractivity contribution in [1.82, 2.24) is 4.90 Å². The largest absolute Gasteiger partial charge is 0.468 e. The number of ether oxygens (including phenoxy) is 2. The van der Waals surface area contributed by atoms with Gasteiger partial charge >= 0.3 is 11.9 Å². The average molecular weight is 285 g/mol. The summed E-state index contributed by atoms with van der Waals surface area (Å²) in [5.41, 5.74) is 0. The summed E-state index contributed by atoms with van der Waals surface area (Å²) in [5, 5.41) is 0. The number of carbonyl (C=O) groups is 3. The van der Waals surface area contributed by atoms with Gasteiger partial charge in [-0.1, -0.05) is 0 Å². The molecule has 1 aromatic rings. The van der Waals surface area contributed by atoms with Crippen LogP contribution in [0.3, 0.4) is 0 Å². The van der Waals surface area contributed by atoms with Crippen molar-refractivity contribution in [3.63, 3.8) is 0 Å². The van der Waals surface area contributed by atoms with Gasteiger partial charge < -0.3 is 14.4 Å². The van der Waals surface area contributed by atoms with Crippen LogP contribution in [0.25, 0.3) is 0 Å². The summed E-state index contributed by atoms with van der Waals surface area (Å²) < 4.78 is 9.01. The highest BCUT2D eigenvalue weighted by atomic mass is 32.1. The molecule has 7 heteroatoms. The van der Waals surface area contributed by atoms with Crippen LogP contribution in [0.15, 0.2) is 12.1 Å². The summed E-state index contributed by atoms with van der Waals surface area (Å²) in [5.74, 6) is -1.58. The number of esters is 2. The lowest BCUT2D eigenvalue weighted by molar-refractivity contribution is -0.144. The van der Waals surface area contributed by atoms with Crippen LogP contribution < -0.4 is 0 Å². The molecule has 1 amide bonds. The molecule has 6 nitrogen and oxygen atoms in total. The summed E-state index contributed by atoms with van der Waals surface area (Å²) in [6, 6.07) is 3.45. The smallest absolute Gasteiger partial charge is 0.325 e. The van der Waals surface area contributed by atoms with E-state index in [0.29, 0.717) is 4.88 Å². The Hall–Kier alpha value is -1.89. The van der Waals surface area contributed by atoms with Crippen LogP contribution in [0.4, 0.5) is 0 Å². The second-order valence-electron chi connectivity index (χ2n) is 3.72. The van der Waals surface area contributed by atoms with Crippen LogP contribution in [0.1, 0.15) is 14.5 Å². The van der Waals surface area contributed by atoms with Gasteiger partial charge in [0.25, 0.3) is 5.91 Å². The maximum atomic E-state index is 12.2. The second kappa shape index (κ2) is 6.89. The molecule has 0 N–H and O–H groups in total. The third-order valence-electron chi connectivity index (χ3n) is 2.33. The fraction of sp³-hybridized carbons (Fsp3) is 0.417. The Balaban J connectivity index is 2.85. The molecule has 0 saturated heterocycles. The van der Waals surface area contributed by atoms with Crippen molar-refractivity contribution in [2.45, 2.75) is 6.92 Å². The summed E-state index contributed by atoms with van der Waals surface area (Å²) in [6.45, 7) is 1.29. The molecule has 0 aliphatic carbocycles. The number of aryl methyl sites for hydroxylation is 1. The molecule has 0 atom stereocenters. The van der Waals surface area contributed by atoms with Crippen molar-refractivity contribution in [2.75, 3.05) is 27.3 Å². The van der Waals surface area contributed by atoms with Crippen molar-refractivity contribution in [3.05, 3.63) is 21.9 Å². The Kier molecular flexibility index (Phi) is 5.50. The van der Waals surface area contributed by atoms with Crippen molar-refractivity contribution < 1.29 is 23.9 Å². The van der Waals surface area contributed by atoms with Crippen LogP contribution in [0.5, 0.6) is 0 Å². The summed E-state index contributed by atoms with van der Waals surface area (Å²) in [6.07, 6.45) is 0. The lowest BCUT2D eigenvalue weighted by Crippen LogP contribution is -2.39. The number of amides is 1. The van der Waals surface area contributed by atoms with E-state index in [1.54, 1.807) is 12.1 Å². The molecule has 1 aromatic heterocycles. The zero-order valence-corrected chi connectivity index (χ0v) is 11.8. The first-order valence-electron chi connectivity index (χ1n) is 5.47. The zero-order valence-electron chi connectivity index (χ0n) is 11.0. The quantitative estimate of drug-likeness (QED) is 0.750. The van der Waals surface area contributed by atoms with E-state index in [1.165, 1.54) is 25.6 Å². The van der Waals surface area contributed by atoms with Gasteiger partial charge in [-0.25, -0.2) is 0 Å². The van der Waals surface area contributed by atoms with E-state index < -0.39 is 17.8 Å². The minimum atomic E-state index is -0.592. The fourth-order valence-corrected chi connectivity index (χ4v) is 2.18. The van der Waals surface area contributed by atoms with Crippen molar-refractivity contribution >= 4 is 29.2 Å². The van der Waals surface area contributed by atoms with Gasteiger partial charge in [-0.3, -0.25) is 14.4 Å². The van der Waals surface area contributed by atoms with E-state index in [4.69, 9.17) is 0 Å². The Morgan fingerprint density at radius 2 is 1.63 bits per heavy atom. The molecule has 19 heavy (non-hydrogen) atoms. The average Bonchev–Trinajstić information content (AvgIpc) is 2.83. The fourth-order valence-electron chi connectivity index (χ4n) is 1.35. The molecule has 0 aliphatic rings. The van der Waals surface area contributed by atoms with Crippen LogP contribution in [-0.2, 0) is 19.1 Å². The predicted octanol–water partition coefficient (Wildman–Crippen LogP) is 0.845. The molecule has 1 heterocycles. The maximum Gasteiger partial charge on any atom is 0.325 e. The molecule has 104 valence electrons. The Morgan fingerprint density at radius 1 is 1.11 bits per heavy atom. The first-order valence-corrected chi connectivity index (χ1v) is 6.29. The second-order valence-corrected chi connectivity index (χ2v) is 5.01. The number of rotatable bonds is 5. The third kappa shape index (κ3) is 4.36. The molecule has 0 aromatic carbocycles. The minimum Gasteiger partial charge on any atom is -0.468 e. The van der Waals surface area contributed by atoms with Crippen LogP contribution in [0.2, 0.25) is 0 Å². The molecule has 0 unspecified atom stereocenters. The highest BCUT2D eigenvalue weighted by Gasteiger charge is 2.23. The molecule has 0 radical (unpaired) electrons. The molecular formula is C12H15NO5S. The SMILES string of the molecule is COC(=O)CN(CC(=O)OC)C(=O)c1ccc(C)s1. The first kappa shape index (κ1) is 15.2. The molecule has 0 saturated carbocycles. The van der Waals surface area contributed by atoms with Gasteiger partial charge in [0, 0.05) is 4.88 Å². The third-order valence-corrected chi connectivity index (χ3v) is 3.32. The summed E-state index contributed by atoms with van der Waals surface area (Å²) in [7, 11) is 2.44. The highest BCUT2D eigenvalue weighted by Crippen LogP contribution is 2.17. The Morgan fingerprint density at radius 3 is 2.00 bits per heavy atom. The summed E-state index contributed by atoms with van der Waals surface area (Å²) in [4.78, 5) is 37.3. The molecule has 0 spiro atoms. The van der Waals surface area contributed by atoms with E-state index in [0.717, 1.165) is 9.78 Å². The van der Waals surface area contributed by atoms with E-state index in [-0.39, 0.29) is 13.1 Å². The van der Waals surface area contributed by atoms with Gasteiger partial charge in [0.15, 0.2) is 0 Å². The number of thiophene rings is 1. The predicted molar refractivity (Wildman–Crippen MR) is 69.0 cm³/mol. The van der Waals surface area contributed by atoms with Crippen LogP contribution >= 0.6 is 11.3 Å². The van der Waals surface area contributed by atoms with Gasteiger partial charge in [-0.15, -0.1) is 11.3 Å². The standard InChI is InChI=1S/C12H15NO5S/c1-8-4-5-9(19-8)12(16)13(6-10(14)17-2)7-11(15)18-3/h4-5H,6-7H2,1-3H3. The van der Waals surface area contributed by atoms with E-state index >= 15 is 0 Å². The van der Waals surface area contributed by atoms with Gasteiger partial charge in [0.1, 0.15) is 13.1 Å². The maximum absolute atomic E-state index is 12.2. The molecule has 0 bridgehead atoms. The number of hydrogen-bond donors (Lipinski definition) is 0. The number of carbonyl (C=O) groups excluding carboxylic acids is 3. The van der Waals surface area contributed by atoms with Crippen molar-refractivity contribution in [2.24, 2.45) is 0 Å². The molecule has 1 rings (SSSR count). The van der Waals surface area contributed by atoms with Gasteiger partial charge in [-0.05, 0) is 19.1 Å².